The summed E-state index contributed by atoms with van der Waals surface area (Å²) < 4.78 is 0. The topological polar surface area (TPSA) is 61.9 Å². The second-order valence-corrected chi connectivity index (χ2v) is 5.73. The SMILES string of the molecule is NC(=NO)c1ccc(N2CCCSCC2)cc1Cl. The van der Waals surface area contributed by atoms with Crippen LogP contribution in [0.1, 0.15) is 12.0 Å². The van der Waals surface area contributed by atoms with E-state index in [0.29, 0.717) is 10.6 Å². The van der Waals surface area contributed by atoms with Gasteiger partial charge < -0.3 is 15.8 Å². The Labute approximate surface area is 116 Å². The van der Waals surface area contributed by atoms with Gasteiger partial charge in [0.25, 0.3) is 0 Å². The van der Waals surface area contributed by atoms with Crippen molar-refractivity contribution in [1.82, 2.24) is 0 Å². The summed E-state index contributed by atoms with van der Waals surface area (Å²) in [4.78, 5) is 2.32. The van der Waals surface area contributed by atoms with Gasteiger partial charge in [-0.3, -0.25) is 0 Å². The molecule has 0 saturated carbocycles. The molecule has 0 bridgehead atoms. The molecule has 6 heteroatoms. The summed E-state index contributed by atoms with van der Waals surface area (Å²) in [6, 6.07) is 5.64. The Hall–Kier alpha value is -1.07. The number of oxime groups is 1. The fourth-order valence-corrected chi connectivity index (χ4v) is 3.13. The number of halogens is 1. The van der Waals surface area contributed by atoms with Gasteiger partial charge in [0.05, 0.1) is 5.02 Å². The number of hydrogen-bond donors (Lipinski definition) is 2. The summed E-state index contributed by atoms with van der Waals surface area (Å²) >= 11 is 8.14. The molecule has 0 amide bonds. The van der Waals surface area contributed by atoms with Gasteiger partial charge in [0.2, 0.25) is 0 Å². The normalized spacial score (nSPS) is 17.6. The first-order valence-electron chi connectivity index (χ1n) is 5.82. The van der Waals surface area contributed by atoms with E-state index in [-0.39, 0.29) is 5.84 Å². The van der Waals surface area contributed by atoms with Gasteiger partial charge >= 0.3 is 0 Å². The van der Waals surface area contributed by atoms with Crippen LogP contribution in [0.15, 0.2) is 23.4 Å². The molecule has 0 aromatic heterocycles. The minimum absolute atomic E-state index is 0.0398. The molecule has 1 heterocycles. The van der Waals surface area contributed by atoms with Crippen LogP contribution in [0.25, 0.3) is 0 Å². The standard InChI is InChI=1S/C12H16ClN3OS/c13-11-8-9(2-3-10(11)12(14)15-17)16-4-1-6-18-7-5-16/h2-3,8,17H,1,4-7H2,(H2,14,15). The van der Waals surface area contributed by atoms with Gasteiger partial charge in [-0.05, 0) is 30.4 Å². The molecule has 4 nitrogen and oxygen atoms in total. The molecule has 0 unspecified atom stereocenters. The Morgan fingerprint density at radius 1 is 1.39 bits per heavy atom. The molecule has 18 heavy (non-hydrogen) atoms. The van der Waals surface area contributed by atoms with Crippen LogP contribution in [0.4, 0.5) is 5.69 Å². The maximum absolute atomic E-state index is 8.66. The molecule has 2 rings (SSSR count). The van der Waals surface area contributed by atoms with Crippen LogP contribution in [0.2, 0.25) is 5.02 Å². The molecular weight excluding hydrogens is 270 g/mol. The highest BCUT2D eigenvalue weighted by atomic mass is 35.5. The maximum atomic E-state index is 8.66. The lowest BCUT2D eigenvalue weighted by Crippen LogP contribution is -2.25. The number of thioether (sulfide) groups is 1. The van der Waals surface area contributed by atoms with Crippen LogP contribution in [-0.4, -0.2) is 35.6 Å². The van der Waals surface area contributed by atoms with Crippen molar-refractivity contribution in [3.8, 4) is 0 Å². The zero-order valence-electron chi connectivity index (χ0n) is 9.97. The predicted molar refractivity (Wildman–Crippen MR) is 78.1 cm³/mol. The Morgan fingerprint density at radius 3 is 2.94 bits per heavy atom. The first-order valence-corrected chi connectivity index (χ1v) is 7.36. The van der Waals surface area contributed by atoms with Crippen molar-refractivity contribution < 1.29 is 5.21 Å². The molecule has 0 aliphatic carbocycles. The van der Waals surface area contributed by atoms with Gasteiger partial charge in [0.15, 0.2) is 5.84 Å². The zero-order valence-corrected chi connectivity index (χ0v) is 11.5. The van der Waals surface area contributed by atoms with Gasteiger partial charge in [-0.1, -0.05) is 16.8 Å². The lowest BCUT2D eigenvalue weighted by atomic mass is 10.1. The van der Waals surface area contributed by atoms with Crippen LogP contribution < -0.4 is 10.6 Å². The highest BCUT2D eigenvalue weighted by Crippen LogP contribution is 2.25. The van der Waals surface area contributed by atoms with E-state index in [4.69, 9.17) is 22.5 Å². The molecule has 0 radical (unpaired) electrons. The molecular formula is C12H16ClN3OS. The Balaban J connectivity index is 2.22. The van der Waals surface area contributed by atoms with E-state index in [2.05, 4.69) is 10.1 Å². The average molecular weight is 286 g/mol. The first-order chi connectivity index (χ1) is 8.72. The number of nitrogens with two attached hydrogens (primary N) is 1. The monoisotopic (exact) mass is 285 g/mol. The molecule has 0 spiro atoms. The fraction of sp³-hybridized carbons (Fsp3) is 0.417. The molecule has 98 valence electrons. The van der Waals surface area contributed by atoms with E-state index < -0.39 is 0 Å². The largest absolute Gasteiger partial charge is 0.409 e. The van der Waals surface area contributed by atoms with E-state index in [9.17, 15) is 0 Å². The van der Waals surface area contributed by atoms with Crippen LogP contribution in [-0.2, 0) is 0 Å². The maximum Gasteiger partial charge on any atom is 0.171 e. The molecule has 3 N–H and O–H groups in total. The van der Waals surface area contributed by atoms with Gasteiger partial charge in [-0.15, -0.1) is 0 Å². The summed E-state index contributed by atoms with van der Waals surface area (Å²) in [5.74, 6) is 2.39. The van der Waals surface area contributed by atoms with Crippen molar-refractivity contribution in [2.75, 3.05) is 29.5 Å². The number of benzene rings is 1. The number of hydrogen-bond acceptors (Lipinski definition) is 4. The molecule has 1 aliphatic heterocycles. The predicted octanol–water partition coefficient (Wildman–Crippen LogP) is 2.38. The Morgan fingerprint density at radius 2 is 2.22 bits per heavy atom. The third kappa shape index (κ3) is 3.03. The van der Waals surface area contributed by atoms with E-state index >= 15 is 0 Å². The van der Waals surface area contributed by atoms with Crippen LogP contribution in [0, 0.1) is 0 Å². The summed E-state index contributed by atoms with van der Waals surface area (Å²) in [5, 5.41) is 12.1. The molecule has 1 fully saturated rings. The van der Waals surface area contributed by atoms with Crippen molar-refractivity contribution in [3.63, 3.8) is 0 Å². The van der Waals surface area contributed by atoms with Gasteiger partial charge in [0.1, 0.15) is 0 Å². The number of nitrogens with zero attached hydrogens (tertiary/aromatic N) is 2. The van der Waals surface area contributed by atoms with Crippen LogP contribution >= 0.6 is 23.4 Å². The van der Waals surface area contributed by atoms with Gasteiger partial charge in [-0.25, -0.2) is 0 Å². The summed E-state index contributed by atoms with van der Waals surface area (Å²) in [6.45, 7) is 2.08. The summed E-state index contributed by atoms with van der Waals surface area (Å²) in [7, 11) is 0. The summed E-state index contributed by atoms with van der Waals surface area (Å²) in [5.41, 5.74) is 7.20. The van der Waals surface area contributed by atoms with Gasteiger partial charge in [0, 0.05) is 30.1 Å². The average Bonchev–Trinajstić information content (AvgIpc) is 2.66. The lowest BCUT2D eigenvalue weighted by Gasteiger charge is -2.22. The fourth-order valence-electron chi connectivity index (χ4n) is 1.97. The number of rotatable bonds is 2. The molecule has 1 aromatic carbocycles. The summed E-state index contributed by atoms with van der Waals surface area (Å²) in [6.07, 6.45) is 1.18. The second-order valence-electron chi connectivity index (χ2n) is 4.10. The lowest BCUT2D eigenvalue weighted by molar-refractivity contribution is 0.318. The number of anilines is 1. The highest BCUT2D eigenvalue weighted by Gasteiger charge is 2.12. The van der Waals surface area contributed by atoms with Crippen molar-refractivity contribution in [2.24, 2.45) is 10.9 Å². The Kier molecular flexibility index (Phi) is 4.60. The highest BCUT2D eigenvalue weighted by molar-refractivity contribution is 7.99. The van der Waals surface area contributed by atoms with Gasteiger partial charge in [-0.2, -0.15) is 11.8 Å². The van der Waals surface area contributed by atoms with Crippen molar-refractivity contribution in [2.45, 2.75) is 6.42 Å². The third-order valence-corrected chi connectivity index (χ3v) is 4.29. The molecule has 1 aliphatic rings. The minimum Gasteiger partial charge on any atom is -0.409 e. The molecule has 0 atom stereocenters. The van der Waals surface area contributed by atoms with Crippen LogP contribution in [0.5, 0.6) is 0 Å². The van der Waals surface area contributed by atoms with Crippen LogP contribution in [0.3, 0.4) is 0 Å². The van der Waals surface area contributed by atoms with E-state index in [1.807, 2.05) is 23.9 Å². The Bertz CT molecular complexity index is 445. The van der Waals surface area contributed by atoms with Crippen molar-refractivity contribution >= 4 is 34.9 Å². The second kappa shape index (κ2) is 6.20. The van der Waals surface area contributed by atoms with Crippen molar-refractivity contribution in [3.05, 3.63) is 28.8 Å². The molecule has 1 aromatic rings. The third-order valence-electron chi connectivity index (χ3n) is 2.92. The minimum atomic E-state index is 0.0398. The van der Waals surface area contributed by atoms with Crippen molar-refractivity contribution in [1.29, 1.82) is 0 Å². The first kappa shape index (κ1) is 13.4. The molecule has 1 saturated heterocycles. The quantitative estimate of drug-likeness (QED) is 0.379. The van der Waals surface area contributed by atoms with E-state index in [1.165, 1.54) is 12.2 Å². The smallest absolute Gasteiger partial charge is 0.171 e. The number of amidine groups is 1. The zero-order chi connectivity index (χ0) is 13.0. The van der Waals surface area contributed by atoms with E-state index in [0.717, 1.165) is 24.5 Å². The van der Waals surface area contributed by atoms with E-state index in [1.54, 1.807) is 6.07 Å².